The van der Waals surface area contributed by atoms with Crippen molar-refractivity contribution in [3.05, 3.63) is 75.6 Å². The molecule has 0 unspecified atom stereocenters. The Hall–Kier alpha value is -2.54. The summed E-state index contributed by atoms with van der Waals surface area (Å²) in [5.74, 6) is -0.370. The molecular formula is C25H26Cl2FNO4. The molecule has 2 aliphatic rings. The Kier molecular flexibility index (Phi) is 8.78. The molecule has 2 heterocycles. The molecule has 1 N–H and O–H groups in total. The number of aliphatic carboxylic acids is 1. The first kappa shape index (κ1) is 25.1. The molecule has 0 bridgehead atoms. The maximum absolute atomic E-state index is 14.7. The van der Waals surface area contributed by atoms with Crippen molar-refractivity contribution in [3.63, 3.8) is 0 Å². The van der Waals surface area contributed by atoms with E-state index in [1.165, 1.54) is 11.6 Å². The summed E-state index contributed by atoms with van der Waals surface area (Å²) in [6.45, 7) is 2.51. The molecule has 0 saturated carbocycles. The van der Waals surface area contributed by atoms with Gasteiger partial charge in [0.1, 0.15) is 23.9 Å². The molecule has 33 heavy (non-hydrogen) atoms. The van der Waals surface area contributed by atoms with Crippen LogP contribution >= 0.6 is 24.0 Å². The highest BCUT2D eigenvalue weighted by Crippen LogP contribution is 2.33. The van der Waals surface area contributed by atoms with E-state index in [-0.39, 0.29) is 12.4 Å². The molecule has 2 aromatic rings. The van der Waals surface area contributed by atoms with E-state index in [2.05, 4.69) is 0 Å². The van der Waals surface area contributed by atoms with Gasteiger partial charge in [-0.3, -0.25) is 4.90 Å². The van der Waals surface area contributed by atoms with Crippen molar-refractivity contribution in [1.82, 2.24) is 4.90 Å². The van der Waals surface area contributed by atoms with Crippen LogP contribution in [0.3, 0.4) is 0 Å². The third-order valence-corrected chi connectivity index (χ3v) is 5.80. The lowest BCUT2D eigenvalue weighted by molar-refractivity contribution is -0.133. The molecule has 0 radical (unpaired) electrons. The number of rotatable bonds is 8. The van der Waals surface area contributed by atoms with Crippen LogP contribution in [0.5, 0.6) is 11.5 Å². The number of hydrogen-bond acceptors (Lipinski definition) is 4. The van der Waals surface area contributed by atoms with Gasteiger partial charge in [-0.05, 0) is 48.6 Å². The fraction of sp³-hybridized carbons (Fsp3) is 0.320. The van der Waals surface area contributed by atoms with Crippen LogP contribution in [-0.4, -0.2) is 48.8 Å². The van der Waals surface area contributed by atoms with Gasteiger partial charge in [-0.1, -0.05) is 29.8 Å². The van der Waals surface area contributed by atoms with Crippen LogP contribution in [0.1, 0.15) is 24.0 Å². The Morgan fingerprint density at radius 3 is 2.79 bits per heavy atom. The quantitative estimate of drug-likeness (QED) is 0.498. The number of nitrogens with zero attached hydrogens (tertiary/aromatic N) is 1. The highest BCUT2D eigenvalue weighted by atomic mass is 35.5. The van der Waals surface area contributed by atoms with Crippen LogP contribution < -0.4 is 9.47 Å². The van der Waals surface area contributed by atoms with Crippen molar-refractivity contribution >= 4 is 36.1 Å². The Morgan fingerprint density at radius 1 is 1.24 bits per heavy atom. The first-order valence-electron chi connectivity index (χ1n) is 10.7. The van der Waals surface area contributed by atoms with Gasteiger partial charge in [-0.25, -0.2) is 9.18 Å². The Bertz CT molecular complexity index is 1050. The minimum absolute atomic E-state index is 0. The zero-order valence-electron chi connectivity index (χ0n) is 18.1. The maximum atomic E-state index is 14.7. The molecule has 8 heteroatoms. The SMILES string of the molecule is Cl.O=C(O)C1=CCCN(CC2=Cc3c(F)cc(OCCCc4ccc(Cl)cc4)cc3OC2)C1. The molecule has 4 rings (SSSR count). The van der Waals surface area contributed by atoms with Gasteiger partial charge in [0.05, 0.1) is 12.2 Å². The molecule has 0 spiro atoms. The number of carboxylic acid groups (broad SMARTS) is 1. The third-order valence-electron chi connectivity index (χ3n) is 5.55. The second-order valence-corrected chi connectivity index (χ2v) is 8.46. The lowest BCUT2D eigenvalue weighted by Crippen LogP contribution is -2.35. The van der Waals surface area contributed by atoms with Crippen molar-refractivity contribution in [3.8, 4) is 11.5 Å². The van der Waals surface area contributed by atoms with Gasteiger partial charge in [0.25, 0.3) is 0 Å². The molecule has 5 nitrogen and oxygen atoms in total. The lowest BCUT2D eigenvalue weighted by atomic mass is 10.0. The van der Waals surface area contributed by atoms with E-state index in [0.29, 0.717) is 60.4 Å². The van der Waals surface area contributed by atoms with Gasteiger partial charge in [0.15, 0.2) is 0 Å². The van der Waals surface area contributed by atoms with E-state index >= 15 is 0 Å². The molecule has 2 aromatic carbocycles. The first-order valence-corrected chi connectivity index (χ1v) is 11.0. The zero-order chi connectivity index (χ0) is 22.5. The Balaban J connectivity index is 0.00000306. The van der Waals surface area contributed by atoms with Crippen LogP contribution in [0.2, 0.25) is 5.02 Å². The van der Waals surface area contributed by atoms with E-state index in [9.17, 15) is 14.3 Å². The molecule has 0 aliphatic carbocycles. The molecule has 0 atom stereocenters. The van der Waals surface area contributed by atoms with E-state index in [1.54, 1.807) is 18.2 Å². The number of aryl methyl sites for hydroxylation is 1. The molecule has 0 saturated heterocycles. The number of halogens is 3. The van der Waals surface area contributed by atoms with E-state index in [1.807, 2.05) is 29.2 Å². The predicted octanol–water partition coefficient (Wildman–Crippen LogP) is 5.41. The summed E-state index contributed by atoms with van der Waals surface area (Å²) in [7, 11) is 0. The number of ether oxygens (including phenoxy) is 2. The average Bonchev–Trinajstić information content (AvgIpc) is 2.78. The molecule has 2 aliphatic heterocycles. The Morgan fingerprint density at radius 2 is 2.03 bits per heavy atom. The van der Waals surface area contributed by atoms with Crippen molar-refractivity contribution in [2.45, 2.75) is 19.3 Å². The molecular weight excluding hydrogens is 468 g/mol. The zero-order valence-corrected chi connectivity index (χ0v) is 19.6. The topological polar surface area (TPSA) is 59.0 Å². The Labute approximate surface area is 203 Å². The van der Waals surface area contributed by atoms with Crippen molar-refractivity contribution in [2.24, 2.45) is 0 Å². The summed E-state index contributed by atoms with van der Waals surface area (Å²) in [5, 5.41) is 9.91. The van der Waals surface area contributed by atoms with Gasteiger partial charge >= 0.3 is 5.97 Å². The fourth-order valence-electron chi connectivity index (χ4n) is 3.92. The van der Waals surface area contributed by atoms with Crippen LogP contribution in [0, 0.1) is 5.82 Å². The maximum Gasteiger partial charge on any atom is 0.332 e. The van der Waals surface area contributed by atoms with Gasteiger partial charge < -0.3 is 14.6 Å². The minimum atomic E-state index is -0.888. The number of carbonyl (C=O) groups is 1. The normalized spacial score (nSPS) is 15.5. The summed E-state index contributed by atoms with van der Waals surface area (Å²) in [6, 6.07) is 10.8. The van der Waals surface area contributed by atoms with Gasteiger partial charge in [0, 0.05) is 42.4 Å². The van der Waals surface area contributed by atoms with Crippen molar-refractivity contribution < 1.29 is 23.8 Å². The standard InChI is InChI=1S/C25H25ClFNO4.ClH/c26-20-7-5-17(6-8-20)3-2-10-31-21-12-23(27)22-11-18(16-32-24(22)13-21)14-28-9-1-4-19(15-28)25(29)30;/h4-8,11-13H,1-3,9-10,14-16H2,(H,29,30);1H. The van der Waals surface area contributed by atoms with Crippen LogP contribution in [0.15, 0.2) is 53.6 Å². The van der Waals surface area contributed by atoms with Crippen LogP contribution in [0.25, 0.3) is 6.08 Å². The number of benzene rings is 2. The van der Waals surface area contributed by atoms with E-state index < -0.39 is 11.8 Å². The van der Waals surface area contributed by atoms with E-state index in [4.69, 9.17) is 21.1 Å². The van der Waals surface area contributed by atoms with Crippen LogP contribution in [0.4, 0.5) is 4.39 Å². The number of carboxylic acids is 1. The summed E-state index contributed by atoms with van der Waals surface area (Å²) in [4.78, 5) is 13.3. The van der Waals surface area contributed by atoms with Gasteiger partial charge in [-0.15, -0.1) is 12.4 Å². The first-order chi connectivity index (χ1) is 15.5. The average molecular weight is 494 g/mol. The third kappa shape index (κ3) is 6.73. The minimum Gasteiger partial charge on any atom is -0.493 e. The molecule has 0 amide bonds. The molecule has 0 fully saturated rings. The van der Waals surface area contributed by atoms with Gasteiger partial charge in [0.2, 0.25) is 0 Å². The summed E-state index contributed by atoms with van der Waals surface area (Å²) < 4.78 is 26.3. The predicted molar refractivity (Wildman–Crippen MR) is 129 cm³/mol. The molecule has 0 aromatic heterocycles. The monoisotopic (exact) mass is 493 g/mol. The summed E-state index contributed by atoms with van der Waals surface area (Å²) in [5.41, 5.74) is 2.90. The van der Waals surface area contributed by atoms with Crippen LogP contribution in [-0.2, 0) is 11.2 Å². The highest BCUT2D eigenvalue weighted by molar-refractivity contribution is 6.30. The lowest BCUT2D eigenvalue weighted by Gasteiger charge is -2.28. The largest absolute Gasteiger partial charge is 0.493 e. The molecule has 176 valence electrons. The smallest absolute Gasteiger partial charge is 0.332 e. The highest BCUT2D eigenvalue weighted by Gasteiger charge is 2.22. The van der Waals surface area contributed by atoms with Crippen molar-refractivity contribution in [1.29, 1.82) is 0 Å². The number of fused-ring (bicyclic) bond motifs is 1. The van der Waals surface area contributed by atoms with Crippen molar-refractivity contribution in [2.75, 3.05) is 32.8 Å². The second-order valence-electron chi connectivity index (χ2n) is 8.02. The van der Waals surface area contributed by atoms with Gasteiger partial charge in [-0.2, -0.15) is 0 Å². The van der Waals surface area contributed by atoms with E-state index in [0.717, 1.165) is 25.0 Å². The summed E-state index contributed by atoms with van der Waals surface area (Å²) >= 11 is 5.90. The second kappa shape index (κ2) is 11.5. The summed E-state index contributed by atoms with van der Waals surface area (Å²) in [6.07, 6.45) is 5.91. The number of hydrogen-bond donors (Lipinski definition) is 1. The fourth-order valence-corrected chi connectivity index (χ4v) is 4.05.